The molecule has 0 N–H and O–H groups in total. The molecule has 102 valence electrons. The molecule has 4 nitrogen and oxygen atoms in total. The highest BCUT2D eigenvalue weighted by Crippen LogP contribution is 2.20. The first-order chi connectivity index (χ1) is 9.72. The van der Waals surface area contributed by atoms with E-state index in [4.69, 9.17) is 0 Å². The minimum atomic E-state index is 0.278. The molecule has 0 radical (unpaired) electrons. The van der Waals surface area contributed by atoms with Gasteiger partial charge in [0.15, 0.2) is 11.6 Å². The van der Waals surface area contributed by atoms with E-state index in [0.29, 0.717) is 13.0 Å². The SMILES string of the molecule is Cc1ccc(-c2ccc(N3CCCC(=O)C3)nn2)cc1. The van der Waals surface area contributed by atoms with Crippen molar-refractivity contribution < 1.29 is 4.79 Å². The minimum Gasteiger partial charge on any atom is -0.348 e. The van der Waals surface area contributed by atoms with Gasteiger partial charge in [-0.15, -0.1) is 10.2 Å². The molecule has 1 aromatic carbocycles. The van der Waals surface area contributed by atoms with Crippen LogP contribution in [-0.2, 0) is 4.79 Å². The van der Waals surface area contributed by atoms with Gasteiger partial charge in [-0.05, 0) is 25.5 Å². The second-order valence-electron chi connectivity index (χ2n) is 5.21. The molecule has 2 heterocycles. The Morgan fingerprint density at radius 3 is 2.50 bits per heavy atom. The first-order valence-corrected chi connectivity index (χ1v) is 6.90. The Morgan fingerprint density at radius 2 is 1.85 bits per heavy atom. The van der Waals surface area contributed by atoms with Gasteiger partial charge in [-0.1, -0.05) is 29.8 Å². The van der Waals surface area contributed by atoms with Crippen LogP contribution in [0.2, 0.25) is 0 Å². The summed E-state index contributed by atoms with van der Waals surface area (Å²) in [6.45, 7) is 3.40. The van der Waals surface area contributed by atoms with Crippen molar-refractivity contribution in [3.05, 3.63) is 42.0 Å². The third-order valence-electron chi connectivity index (χ3n) is 3.57. The monoisotopic (exact) mass is 267 g/mol. The lowest BCUT2D eigenvalue weighted by molar-refractivity contribution is -0.118. The lowest BCUT2D eigenvalue weighted by Gasteiger charge is -2.26. The van der Waals surface area contributed by atoms with Crippen molar-refractivity contribution in [2.45, 2.75) is 19.8 Å². The van der Waals surface area contributed by atoms with Crippen LogP contribution in [0.25, 0.3) is 11.3 Å². The predicted octanol–water partition coefficient (Wildman–Crippen LogP) is 2.62. The molecule has 3 rings (SSSR count). The van der Waals surface area contributed by atoms with Crippen molar-refractivity contribution in [2.24, 2.45) is 0 Å². The molecule has 1 aromatic heterocycles. The van der Waals surface area contributed by atoms with Gasteiger partial charge in [0, 0.05) is 18.5 Å². The van der Waals surface area contributed by atoms with Gasteiger partial charge in [0.2, 0.25) is 0 Å². The van der Waals surface area contributed by atoms with E-state index in [-0.39, 0.29) is 5.78 Å². The number of carbonyl (C=O) groups excluding carboxylic acids is 1. The van der Waals surface area contributed by atoms with Crippen molar-refractivity contribution in [3.8, 4) is 11.3 Å². The molecule has 0 amide bonds. The van der Waals surface area contributed by atoms with Gasteiger partial charge in [-0.25, -0.2) is 0 Å². The molecule has 1 saturated heterocycles. The third kappa shape index (κ3) is 2.69. The zero-order valence-corrected chi connectivity index (χ0v) is 11.5. The quantitative estimate of drug-likeness (QED) is 0.839. The number of anilines is 1. The summed E-state index contributed by atoms with van der Waals surface area (Å²) in [6, 6.07) is 12.1. The number of hydrogen-bond acceptors (Lipinski definition) is 4. The number of rotatable bonds is 2. The van der Waals surface area contributed by atoms with Crippen LogP contribution in [0.1, 0.15) is 18.4 Å². The van der Waals surface area contributed by atoms with E-state index in [2.05, 4.69) is 29.3 Å². The molecule has 1 aliphatic heterocycles. The van der Waals surface area contributed by atoms with Crippen LogP contribution in [0.3, 0.4) is 0 Å². The van der Waals surface area contributed by atoms with Crippen molar-refractivity contribution >= 4 is 11.6 Å². The highest BCUT2D eigenvalue weighted by Gasteiger charge is 2.18. The second kappa shape index (κ2) is 5.41. The number of ketones is 1. The van der Waals surface area contributed by atoms with Gasteiger partial charge in [-0.2, -0.15) is 0 Å². The van der Waals surface area contributed by atoms with Gasteiger partial charge >= 0.3 is 0 Å². The third-order valence-corrected chi connectivity index (χ3v) is 3.57. The average Bonchev–Trinajstić information content (AvgIpc) is 2.48. The molecule has 2 aromatic rings. The van der Waals surface area contributed by atoms with Gasteiger partial charge in [0.1, 0.15) is 0 Å². The Hall–Kier alpha value is -2.23. The minimum absolute atomic E-state index is 0.278. The molecule has 0 aliphatic carbocycles. The van der Waals surface area contributed by atoms with Crippen LogP contribution < -0.4 is 4.90 Å². The van der Waals surface area contributed by atoms with E-state index in [1.165, 1.54) is 5.56 Å². The van der Waals surface area contributed by atoms with Crippen LogP contribution in [0, 0.1) is 6.92 Å². The number of Topliss-reactive ketones (excluding diaryl/α,β-unsaturated/α-hetero) is 1. The molecule has 1 aliphatic rings. The zero-order chi connectivity index (χ0) is 13.9. The number of carbonyl (C=O) groups is 1. The molecular formula is C16H17N3O. The first-order valence-electron chi connectivity index (χ1n) is 6.90. The Labute approximate surface area is 118 Å². The Bertz CT molecular complexity index is 605. The Balaban J connectivity index is 1.80. The van der Waals surface area contributed by atoms with Crippen LogP contribution in [-0.4, -0.2) is 29.1 Å². The van der Waals surface area contributed by atoms with Crippen LogP contribution >= 0.6 is 0 Å². The summed E-state index contributed by atoms with van der Waals surface area (Å²) in [5.74, 6) is 1.06. The molecule has 0 bridgehead atoms. The number of piperidine rings is 1. The fraction of sp³-hybridized carbons (Fsp3) is 0.312. The van der Waals surface area contributed by atoms with E-state index in [9.17, 15) is 4.79 Å². The fourth-order valence-electron chi connectivity index (χ4n) is 2.41. The summed E-state index contributed by atoms with van der Waals surface area (Å²) >= 11 is 0. The summed E-state index contributed by atoms with van der Waals surface area (Å²) in [6.07, 6.45) is 1.59. The molecule has 0 unspecified atom stereocenters. The average molecular weight is 267 g/mol. The topological polar surface area (TPSA) is 46.1 Å². The van der Waals surface area contributed by atoms with Crippen molar-refractivity contribution in [1.29, 1.82) is 0 Å². The first kappa shape index (κ1) is 12.8. The second-order valence-corrected chi connectivity index (χ2v) is 5.21. The van der Waals surface area contributed by atoms with E-state index in [1.807, 2.05) is 29.2 Å². The van der Waals surface area contributed by atoms with Gasteiger partial charge in [0.05, 0.1) is 12.2 Å². The Morgan fingerprint density at radius 1 is 1.05 bits per heavy atom. The van der Waals surface area contributed by atoms with Gasteiger partial charge < -0.3 is 4.90 Å². The molecule has 4 heteroatoms. The number of aromatic nitrogens is 2. The van der Waals surface area contributed by atoms with Crippen molar-refractivity contribution in [2.75, 3.05) is 18.0 Å². The highest BCUT2D eigenvalue weighted by atomic mass is 16.1. The number of hydrogen-bond donors (Lipinski definition) is 0. The van der Waals surface area contributed by atoms with Crippen LogP contribution in [0.5, 0.6) is 0 Å². The lowest BCUT2D eigenvalue weighted by Crippen LogP contribution is -2.36. The molecule has 0 saturated carbocycles. The number of nitrogens with zero attached hydrogens (tertiary/aromatic N) is 3. The maximum absolute atomic E-state index is 11.5. The maximum atomic E-state index is 11.5. The Kier molecular flexibility index (Phi) is 3.46. The molecule has 1 fully saturated rings. The van der Waals surface area contributed by atoms with Crippen LogP contribution in [0.15, 0.2) is 36.4 Å². The smallest absolute Gasteiger partial charge is 0.152 e. The van der Waals surface area contributed by atoms with Crippen LogP contribution in [0.4, 0.5) is 5.82 Å². The standard InChI is InChI=1S/C16H17N3O/c1-12-4-6-13(7-5-12)15-8-9-16(18-17-15)19-10-2-3-14(20)11-19/h4-9H,2-3,10-11H2,1H3. The molecular weight excluding hydrogens is 250 g/mol. The summed E-state index contributed by atoms with van der Waals surface area (Å²) < 4.78 is 0. The zero-order valence-electron chi connectivity index (χ0n) is 11.5. The van der Waals surface area contributed by atoms with E-state index in [0.717, 1.165) is 30.0 Å². The number of benzene rings is 1. The summed E-state index contributed by atoms with van der Waals surface area (Å²) in [5, 5.41) is 8.54. The van der Waals surface area contributed by atoms with Crippen molar-refractivity contribution in [3.63, 3.8) is 0 Å². The van der Waals surface area contributed by atoms with E-state index >= 15 is 0 Å². The lowest BCUT2D eigenvalue weighted by atomic mass is 10.1. The normalized spacial score (nSPS) is 15.4. The summed E-state index contributed by atoms with van der Waals surface area (Å²) in [4.78, 5) is 13.5. The van der Waals surface area contributed by atoms with Gasteiger partial charge in [0.25, 0.3) is 0 Å². The summed E-state index contributed by atoms with van der Waals surface area (Å²) in [5.41, 5.74) is 3.15. The van der Waals surface area contributed by atoms with Gasteiger partial charge in [-0.3, -0.25) is 4.79 Å². The molecule has 0 atom stereocenters. The van der Waals surface area contributed by atoms with E-state index < -0.39 is 0 Å². The predicted molar refractivity (Wildman–Crippen MR) is 78.7 cm³/mol. The largest absolute Gasteiger partial charge is 0.348 e. The molecule has 0 spiro atoms. The molecule has 20 heavy (non-hydrogen) atoms. The maximum Gasteiger partial charge on any atom is 0.152 e. The van der Waals surface area contributed by atoms with Crippen molar-refractivity contribution in [1.82, 2.24) is 10.2 Å². The number of aryl methyl sites for hydroxylation is 1. The summed E-state index contributed by atoms with van der Waals surface area (Å²) in [7, 11) is 0. The van der Waals surface area contributed by atoms with E-state index in [1.54, 1.807) is 0 Å². The highest BCUT2D eigenvalue weighted by molar-refractivity contribution is 5.84. The fourth-order valence-corrected chi connectivity index (χ4v) is 2.41.